The van der Waals surface area contributed by atoms with Crippen LogP contribution in [0.1, 0.15) is 10.4 Å². The number of aromatic nitrogens is 1. The first-order valence-corrected chi connectivity index (χ1v) is 4.79. The average Bonchev–Trinajstić information content (AvgIpc) is 2.26. The van der Waals surface area contributed by atoms with Crippen LogP contribution in [0.15, 0.2) is 12.3 Å². The van der Waals surface area contributed by atoms with E-state index in [2.05, 4.69) is 9.72 Å². The molecule has 0 radical (unpaired) electrons. The summed E-state index contributed by atoms with van der Waals surface area (Å²) in [6, 6.07) is 0.909. The van der Waals surface area contributed by atoms with E-state index in [1.165, 1.54) is 0 Å². The number of ether oxygens (including phenoxy) is 1. The van der Waals surface area contributed by atoms with Gasteiger partial charge in [0.2, 0.25) is 5.88 Å². The Morgan fingerprint density at radius 1 is 1.56 bits per heavy atom. The Hall–Kier alpha value is -1.57. The molecule has 0 unspecified atom stereocenters. The Balaban J connectivity index is 2.78. The molecule has 1 heterocycles. The lowest BCUT2D eigenvalue weighted by Crippen LogP contribution is -2.34. The van der Waals surface area contributed by atoms with Gasteiger partial charge in [-0.15, -0.1) is 0 Å². The number of aromatic carboxylic acids is 1. The lowest BCUT2D eigenvalue weighted by atomic mass is 10.3. The van der Waals surface area contributed by atoms with Crippen LogP contribution in [0.25, 0.3) is 0 Å². The van der Waals surface area contributed by atoms with Gasteiger partial charge in [0, 0.05) is 6.20 Å². The van der Waals surface area contributed by atoms with Crippen molar-refractivity contribution in [1.29, 1.82) is 0 Å². The number of halogens is 5. The molecule has 1 aromatic heterocycles. The maximum absolute atomic E-state index is 12.5. The smallest absolute Gasteiger partial charge is 0.340 e. The Morgan fingerprint density at radius 2 is 2.17 bits per heavy atom. The van der Waals surface area contributed by atoms with Crippen molar-refractivity contribution in [2.24, 2.45) is 0 Å². The number of nitrogens with zero attached hydrogens (tertiary/aromatic N) is 1. The first kappa shape index (κ1) is 14.5. The molecule has 9 heteroatoms. The molecule has 0 aliphatic carbocycles. The summed E-state index contributed by atoms with van der Waals surface area (Å²) in [5.41, 5.74) is -0.284. The quantitative estimate of drug-likeness (QED) is 0.846. The number of carboxylic acids is 1. The molecule has 1 aromatic rings. The van der Waals surface area contributed by atoms with Crippen LogP contribution in [0.5, 0.6) is 5.88 Å². The Kier molecular flexibility index (Phi) is 4.33. The van der Waals surface area contributed by atoms with Crippen LogP contribution in [0, 0.1) is 0 Å². The van der Waals surface area contributed by atoms with Gasteiger partial charge in [-0.3, -0.25) is 0 Å². The third-order valence-electron chi connectivity index (χ3n) is 1.77. The highest BCUT2D eigenvalue weighted by Crippen LogP contribution is 2.27. The van der Waals surface area contributed by atoms with E-state index in [0.29, 0.717) is 0 Å². The molecule has 100 valence electrons. The average molecular weight is 288 g/mol. The number of pyridine rings is 1. The van der Waals surface area contributed by atoms with E-state index < -0.39 is 30.8 Å². The lowest BCUT2D eigenvalue weighted by Gasteiger charge is -2.15. The molecule has 0 aliphatic heterocycles. The van der Waals surface area contributed by atoms with Crippen LogP contribution in [0.3, 0.4) is 0 Å². The lowest BCUT2D eigenvalue weighted by molar-refractivity contribution is -0.148. The van der Waals surface area contributed by atoms with E-state index >= 15 is 0 Å². The first-order valence-electron chi connectivity index (χ1n) is 4.41. The molecule has 0 saturated carbocycles. The summed E-state index contributed by atoms with van der Waals surface area (Å²) < 4.78 is 53.0. The topological polar surface area (TPSA) is 59.4 Å². The highest BCUT2D eigenvalue weighted by Gasteiger charge is 2.42. The van der Waals surface area contributed by atoms with Gasteiger partial charge in [-0.1, -0.05) is 11.6 Å². The summed E-state index contributed by atoms with van der Waals surface area (Å²) in [4.78, 5) is 13.9. The Bertz CT molecular complexity index is 455. The SMILES string of the molecule is O=C(O)c1cnc(OCC(F)(F)C(F)F)c(Cl)c1. The monoisotopic (exact) mass is 287 g/mol. The fourth-order valence-corrected chi connectivity index (χ4v) is 1.10. The van der Waals surface area contributed by atoms with Crippen LogP contribution in [0.4, 0.5) is 17.6 Å². The second kappa shape index (κ2) is 5.38. The fraction of sp³-hybridized carbons (Fsp3) is 0.333. The summed E-state index contributed by atoms with van der Waals surface area (Å²) in [5.74, 6) is -6.20. The number of hydrogen-bond acceptors (Lipinski definition) is 3. The molecule has 0 atom stereocenters. The summed E-state index contributed by atoms with van der Waals surface area (Å²) in [5, 5.41) is 8.21. The van der Waals surface area contributed by atoms with Crippen molar-refractivity contribution in [3.63, 3.8) is 0 Å². The minimum Gasteiger partial charge on any atom is -0.478 e. The first-order chi connectivity index (χ1) is 8.24. The normalized spacial score (nSPS) is 11.7. The maximum Gasteiger partial charge on any atom is 0.340 e. The summed E-state index contributed by atoms with van der Waals surface area (Å²) in [6.45, 7) is -1.61. The van der Waals surface area contributed by atoms with Crippen molar-refractivity contribution in [3.05, 3.63) is 22.8 Å². The van der Waals surface area contributed by atoms with E-state index in [9.17, 15) is 22.4 Å². The van der Waals surface area contributed by atoms with Crippen molar-refractivity contribution < 1.29 is 32.2 Å². The molecule has 0 bridgehead atoms. The molecule has 0 saturated heterocycles. The van der Waals surface area contributed by atoms with E-state index in [0.717, 1.165) is 12.3 Å². The van der Waals surface area contributed by atoms with Gasteiger partial charge in [0.05, 0.1) is 5.56 Å². The van der Waals surface area contributed by atoms with Gasteiger partial charge in [-0.25, -0.2) is 18.6 Å². The molecule has 0 amide bonds. The molecule has 1 rings (SSSR count). The van der Waals surface area contributed by atoms with Gasteiger partial charge >= 0.3 is 18.3 Å². The number of hydrogen-bond donors (Lipinski definition) is 1. The zero-order valence-corrected chi connectivity index (χ0v) is 9.30. The van der Waals surface area contributed by atoms with Crippen molar-refractivity contribution >= 4 is 17.6 Å². The molecule has 4 nitrogen and oxygen atoms in total. The highest BCUT2D eigenvalue weighted by molar-refractivity contribution is 6.32. The Labute approximate surface area is 103 Å². The second-order valence-corrected chi connectivity index (χ2v) is 3.57. The van der Waals surface area contributed by atoms with E-state index in [1.54, 1.807) is 0 Å². The largest absolute Gasteiger partial charge is 0.478 e. The standard InChI is InChI=1S/C9H6ClF4NO3/c10-5-1-4(7(16)17)2-15-6(5)18-3-9(13,14)8(11)12/h1-2,8H,3H2,(H,16,17). The minimum absolute atomic E-state index is 0.284. The number of rotatable bonds is 5. The van der Waals surface area contributed by atoms with Crippen LogP contribution < -0.4 is 4.74 Å². The molecule has 0 spiro atoms. The van der Waals surface area contributed by atoms with Crippen LogP contribution in [-0.4, -0.2) is 35.0 Å². The zero-order chi connectivity index (χ0) is 13.9. The number of carbonyl (C=O) groups is 1. The van der Waals surface area contributed by atoms with E-state index in [-0.39, 0.29) is 10.6 Å². The maximum atomic E-state index is 12.5. The van der Waals surface area contributed by atoms with Crippen LogP contribution in [0.2, 0.25) is 5.02 Å². The fourth-order valence-electron chi connectivity index (χ4n) is 0.876. The molecule has 18 heavy (non-hydrogen) atoms. The summed E-state index contributed by atoms with van der Waals surface area (Å²) >= 11 is 5.50. The van der Waals surface area contributed by atoms with E-state index in [1.807, 2.05) is 0 Å². The zero-order valence-electron chi connectivity index (χ0n) is 8.54. The van der Waals surface area contributed by atoms with Crippen LogP contribution in [-0.2, 0) is 0 Å². The van der Waals surface area contributed by atoms with E-state index in [4.69, 9.17) is 16.7 Å². The number of alkyl halides is 4. The predicted molar refractivity (Wildman–Crippen MR) is 52.7 cm³/mol. The molecule has 1 N–H and O–H groups in total. The van der Waals surface area contributed by atoms with Gasteiger partial charge in [-0.2, -0.15) is 8.78 Å². The molecule has 0 aliphatic rings. The predicted octanol–water partition coefficient (Wildman–Crippen LogP) is 2.71. The molecular weight excluding hydrogens is 282 g/mol. The Morgan fingerprint density at radius 3 is 2.61 bits per heavy atom. The van der Waals surface area contributed by atoms with Crippen molar-refractivity contribution in [1.82, 2.24) is 4.98 Å². The molecule has 0 fully saturated rings. The second-order valence-electron chi connectivity index (χ2n) is 3.17. The minimum atomic E-state index is -4.34. The van der Waals surface area contributed by atoms with Crippen LogP contribution >= 0.6 is 11.6 Å². The number of carboxylic acid groups (broad SMARTS) is 1. The highest BCUT2D eigenvalue weighted by atomic mass is 35.5. The summed E-state index contributed by atoms with van der Waals surface area (Å²) in [7, 11) is 0. The van der Waals surface area contributed by atoms with Gasteiger partial charge in [0.25, 0.3) is 0 Å². The van der Waals surface area contributed by atoms with Gasteiger partial charge in [0.1, 0.15) is 5.02 Å². The summed E-state index contributed by atoms with van der Waals surface area (Å²) in [6.07, 6.45) is -3.07. The van der Waals surface area contributed by atoms with Gasteiger partial charge in [0.15, 0.2) is 6.61 Å². The third-order valence-corrected chi connectivity index (χ3v) is 2.05. The van der Waals surface area contributed by atoms with Gasteiger partial charge in [-0.05, 0) is 6.07 Å². The van der Waals surface area contributed by atoms with Crippen molar-refractivity contribution in [2.45, 2.75) is 12.3 Å². The molecular formula is C9H6ClF4NO3. The molecule has 0 aromatic carbocycles. The van der Waals surface area contributed by atoms with Crippen molar-refractivity contribution in [3.8, 4) is 5.88 Å². The van der Waals surface area contributed by atoms with Crippen molar-refractivity contribution in [2.75, 3.05) is 6.61 Å². The van der Waals surface area contributed by atoms with Gasteiger partial charge < -0.3 is 9.84 Å². The third kappa shape index (κ3) is 3.46.